The molecule has 4 aromatic heterocycles. The molecule has 2 N–H and O–H groups in total. The van der Waals surface area contributed by atoms with Gasteiger partial charge < -0.3 is 4.98 Å². The first-order valence-corrected chi connectivity index (χ1v) is 8.41. The molecule has 0 radical (unpaired) electrons. The first-order chi connectivity index (χ1) is 12.7. The lowest BCUT2D eigenvalue weighted by atomic mass is 10.0. The van der Waals surface area contributed by atoms with Crippen LogP contribution in [-0.2, 0) is 0 Å². The molecule has 26 heavy (non-hydrogen) atoms. The normalized spacial score (nSPS) is 11.5. The van der Waals surface area contributed by atoms with E-state index in [9.17, 15) is 0 Å². The van der Waals surface area contributed by atoms with E-state index in [2.05, 4.69) is 50.8 Å². The van der Waals surface area contributed by atoms with Gasteiger partial charge in [0.2, 0.25) is 0 Å². The zero-order chi connectivity index (χ0) is 18.1. The van der Waals surface area contributed by atoms with Crippen molar-refractivity contribution in [1.29, 1.82) is 0 Å². The van der Waals surface area contributed by atoms with E-state index >= 15 is 0 Å². The predicted molar refractivity (Wildman–Crippen MR) is 106 cm³/mol. The Balaban J connectivity index is 1.84. The van der Waals surface area contributed by atoms with Crippen molar-refractivity contribution in [2.45, 2.75) is 13.8 Å². The highest BCUT2D eigenvalue weighted by Gasteiger charge is 2.13. The Morgan fingerprint density at radius 2 is 2.04 bits per heavy atom. The molecule has 0 aliphatic rings. The third kappa shape index (κ3) is 2.73. The van der Waals surface area contributed by atoms with Gasteiger partial charge in [-0.1, -0.05) is 24.8 Å². The highest BCUT2D eigenvalue weighted by molar-refractivity contribution is 5.93. The van der Waals surface area contributed by atoms with Crippen LogP contribution in [0.1, 0.15) is 16.8 Å². The number of hydrogen-bond donors (Lipinski definition) is 2. The zero-order valence-electron chi connectivity index (χ0n) is 14.7. The first kappa shape index (κ1) is 16.0. The lowest BCUT2D eigenvalue weighted by Gasteiger charge is -2.04. The van der Waals surface area contributed by atoms with E-state index in [0.29, 0.717) is 5.65 Å². The SMILES string of the molecule is C=C/C=C\c1cc(-c2[nH]nc3ncc(-c4cnccc4C)cc23)[nH]c1C. The van der Waals surface area contributed by atoms with Crippen LogP contribution < -0.4 is 0 Å². The quantitative estimate of drug-likeness (QED) is 0.522. The maximum atomic E-state index is 4.51. The minimum Gasteiger partial charge on any atom is -0.357 e. The summed E-state index contributed by atoms with van der Waals surface area (Å²) in [7, 11) is 0. The summed E-state index contributed by atoms with van der Waals surface area (Å²) in [6.45, 7) is 7.84. The Kier molecular flexibility index (Phi) is 3.97. The molecule has 0 aromatic carbocycles. The Bertz CT molecular complexity index is 1130. The average Bonchev–Trinajstić information content (AvgIpc) is 3.23. The molecule has 5 heteroatoms. The molecular weight excluding hydrogens is 322 g/mol. The molecule has 0 unspecified atom stereocenters. The second kappa shape index (κ2) is 6.44. The molecule has 0 aliphatic heterocycles. The van der Waals surface area contributed by atoms with Crippen molar-refractivity contribution in [3.8, 4) is 22.5 Å². The maximum Gasteiger partial charge on any atom is 0.181 e. The molecule has 0 aliphatic carbocycles. The van der Waals surface area contributed by atoms with Crippen molar-refractivity contribution in [2.75, 3.05) is 0 Å². The standard InChI is InChI=1S/C21H19N5/c1-4-5-6-15-10-19(24-14(15)3)20-17-9-16(11-23-21(17)26-25-20)18-12-22-8-7-13(18)2/h4-12,24H,1H2,2-3H3,(H,23,25,26)/b6-5-. The molecule has 4 aromatic rings. The molecule has 0 bridgehead atoms. The largest absolute Gasteiger partial charge is 0.357 e. The molecule has 0 spiro atoms. The fourth-order valence-corrected chi connectivity index (χ4v) is 3.07. The molecule has 0 saturated carbocycles. The minimum absolute atomic E-state index is 0.695. The fraction of sp³-hybridized carbons (Fsp3) is 0.0952. The first-order valence-electron chi connectivity index (χ1n) is 8.41. The number of nitrogens with zero attached hydrogens (tertiary/aromatic N) is 3. The highest BCUT2D eigenvalue weighted by Crippen LogP contribution is 2.30. The minimum atomic E-state index is 0.695. The van der Waals surface area contributed by atoms with Crippen molar-refractivity contribution >= 4 is 17.1 Å². The van der Waals surface area contributed by atoms with Gasteiger partial charge in [0, 0.05) is 40.8 Å². The van der Waals surface area contributed by atoms with E-state index in [-0.39, 0.29) is 0 Å². The molecule has 128 valence electrons. The number of aryl methyl sites for hydroxylation is 2. The lowest BCUT2D eigenvalue weighted by molar-refractivity contribution is 1.09. The fourth-order valence-electron chi connectivity index (χ4n) is 3.07. The maximum absolute atomic E-state index is 4.51. The Hall–Kier alpha value is -3.47. The number of pyridine rings is 2. The number of nitrogens with one attached hydrogen (secondary N) is 2. The smallest absolute Gasteiger partial charge is 0.181 e. The van der Waals surface area contributed by atoms with E-state index in [4.69, 9.17) is 0 Å². The molecule has 5 nitrogen and oxygen atoms in total. The van der Waals surface area contributed by atoms with Crippen molar-refractivity contribution in [1.82, 2.24) is 25.1 Å². The summed E-state index contributed by atoms with van der Waals surface area (Å²) in [5.41, 5.74) is 8.09. The zero-order valence-corrected chi connectivity index (χ0v) is 14.7. The Morgan fingerprint density at radius 1 is 1.15 bits per heavy atom. The van der Waals surface area contributed by atoms with Crippen LogP contribution in [0.15, 0.2) is 55.5 Å². The van der Waals surface area contributed by atoms with Crippen molar-refractivity contribution in [2.24, 2.45) is 0 Å². The second-order valence-electron chi connectivity index (χ2n) is 6.24. The number of hydrogen-bond acceptors (Lipinski definition) is 3. The summed E-state index contributed by atoms with van der Waals surface area (Å²) < 4.78 is 0. The van der Waals surface area contributed by atoms with E-state index in [1.807, 2.05) is 37.5 Å². The van der Waals surface area contributed by atoms with Gasteiger partial charge in [0.15, 0.2) is 5.65 Å². The van der Waals surface area contributed by atoms with Crippen LogP contribution >= 0.6 is 0 Å². The van der Waals surface area contributed by atoms with Gasteiger partial charge >= 0.3 is 0 Å². The summed E-state index contributed by atoms with van der Waals surface area (Å²) in [6, 6.07) is 6.22. The van der Waals surface area contributed by atoms with E-state index in [0.717, 1.165) is 39.2 Å². The van der Waals surface area contributed by atoms with Crippen molar-refractivity contribution in [3.63, 3.8) is 0 Å². The molecule has 0 saturated heterocycles. The van der Waals surface area contributed by atoms with Crippen LogP contribution in [-0.4, -0.2) is 25.1 Å². The topological polar surface area (TPSA) is 70.2 Å². The van der Waals surface area contributed by atoms with Crippen LogP contribution in [0, 0.1) is 13.8 Å². The van der Waals surface area contributed by atoms with Gasteiger partial charge in [0.1, 0.15) is 0 Å². The number of rotatable bonds is 4. The molecular formula is C21H19N5. The number of H-pyrrole nitrogens is 2. The van der Waals surface area contributed by atoms with E-state index in [1.165, 1.54) is 5.56 Å². The van der Waals surface area contributed by atoms with Crippen molar-refractivity contribution < 1.29 is 0 Å². The second-order valence-corrected chi connectivity index (χ2v) is 6.24. The van der Waals surface area contributed by atoms with Crippen LogP contribution in [0.25, 0.3) is 39.6 Å². The highest BCUT2D eigenvalue weighted by atomic mass is 15.2. The molecule has 0 amide bonds. The third-order valence-corrected chi connectivity index (χ3v) is 4.50. The summed E-state index contributed by atoms with van der Waals surface area (Å²) >= 11 is 0. The number of aromatic amines is 2. The predicted octanol–water partition coefficient (Wildman–Crippen LogP) is 4.83. The summed E-state index contributed by atoms with van der Waals surface area (Å²) in [5.74, 6) is 0. The lowest BCUT2D eigenvalue weighted by Crippen LogP contribution is -1.87. The number of aromatic nitrogens is 5. The Labute approximate surface area is 151 Å². The molecule has 4 rings (SSSR count). The summed E-state index contributed by atoms with van der Waals surface area (Å²) in [4.78, 5) is 12.2. The molecule has 4 heterocycles. The van der Waals surface area contributed by atoms with Gasteiger partial charge in [-0.25, -0.2) is 4.98 Å². The molecule has 0 atom stereocenters. The monoisotopic (exact) mass is 341 g/mol. The van der Waals surface area contributed by atoms with E-state index < -0.39 is 0 Å². The Morgan fingerprint density at radius 3 is 2.85 bits per heavy atom. The van der Waals surface area contributed by atoms with Crippen molar-refractivity contribution in [3.05, 3.63) is 72.3 Å². The van der Waals surface area contributed by atoms with Gasteiger partial charge in [-0.2, -0.15) is 5.10 Å². The van der Waals surface area contributed by atoms with Gasteiger partial charge in [-0.05, 0) is 43.2 Å². The van der Waals surface area contributed by atoms with Gasteiger partial charge in [0.25, 0.3) is 0 Å². The van der Waals surface area contributed by atoms with Gasteiger partial charge in [-0.15, -0.1) is 0 Å². The molecule has 0 fully saturated rings. The van der Waals surface area contributed by atoms with Crippen LogP contribution in [0.2, 0.25) is 0 Å². The van der Waals surface area contributed by atoms with Crippen LogP contribution in [0.4, 0.5) is 0 Å². The number of fused-ring (bicyclic) bond motifs is 1. The van der Waals surface area contributed by atoms with Gasteiger partial charge in [0.05, 0.1) is 11.4 Å². The third-order valence-electron chi connectivity index (χ3n) is 4.50. The summed E-state index contributed by atoms with van der Waals surface area (Å²) in [6.07, 6.45) is 11.2. The van der Waals surface area contributed by atoms with Gasteiger partial charge in [-0.3, -0.25) is 10.1 Å². The van der Waals surface area contributed by atoms with Crippen LogP contribution in [0.3, 0.4) is 0 Å². The number of allylic oxidation sites excluding steroid dienone is 2. The van der Waals surface area contributed by atoms with Crippen LogP contribution in [0.5, 0.6) is 0 Å². The van der Waals surface area contributed by atoms with E-state index in [1.54, 1.807) is 12.3 Å². The average molecular weight is 341 g/mol. The summed E-state index contributed by atoms with van der Waals surface area (Å²) in [5, 5.41) is 8.44.